The Kier molecular flexibility index (Phi) is 2.01. The van der Waals surface area contributed by atoms with Gasteiger partial charge in [0, 0.05) is 12.1 Å². The van der Waals surface area contributed by atoms with Crippen molar-refractivity contribution in [3.05, 3.63) is 12.4 Å². The molecular weight excluding hydrogens is 190 g/mol. The number of aromatic nitrogens is 2. The summed E-state index contributed by atoms with van der Waals surface area (Å²) in [6, 6.07) is 0. The molecule has 2 unspecified atom stereocenters. The number of hydrogen-bond acceptors (Lipinski definition) is 2. The molecule has 1 amide bonds. The summed E-state index contributed by atoms with van der Waals surface area (Å²) in [6.45, 7) is 0. The number of carbonyl (C=O) groups is 1. The van der Waals surface area contributed by atoms with Gasteiger partial charge in [0.1, 0.15) is 0 Å². The van der Waals surface area contributed by atoms with Crippen molar-refractivity contribution < 1.29 is 4.79 Å². The Morgan fingerprint density at radius 3 is 2.73 bits per heavy atom. The van der Waals surface area contributed by atoms with Gasteiger partial charge in [-0.15, -0.1) is 0 Å². The van der Waals surface area contributed by atoms with Crippen LogP contribution in [-0.4, -0.2) is 16.1 Å². The first-order chi connectivity index (χ1) is 7.36. The van der Waals surface area contributed by atoms with Gasteiger partial charge in [-0.2, -0.15) is 5.10 Å². The van der Waals surface area contributed by atoms with Gasteiger partial charge in [0.2, 0.25) is 5.91 Å². The second kappa shape index (κ2) is 3.36. The lowest BCUT2D eigenvalue weighted by atomic mass is 10.0. The van der Waals surface area contributed by atoms with Gasteiger partial charge in [0.05, 0.1) is 11.9 Å². The number of H-pyrrole nitrogens is 1. The maximum Gasteiger partial charge on any atom is 0.228 e. The van der Waals surface area contributed by atoms with E-state index in [9.17, 15) is 4.79 Å². The smallest absolute Gasteiger partial charge is 0.228 e. The zero-order valence-electron chi connectivity index (χ0n) is 8.57. The van der Waals surface area contributed by atoms with Crippen LogP contribution in [0, 0.1) is 17.8 Å². The van der Waals surface area contributed by atoms with Crippen molar-refractivity contribution in [1.82, 2.24) is 10.2 Å². The normalized spacial score (nSPS) is 33.2. The fourth-order valence-corrected chi connectivity index (χ4v) is 2.93. The molecule has 4 nitrogen and oxygen atoms in total. The lowest BCUT2D eigenvalue weighted by molar-refractivity contribution is -0.117. The minimum absolute atomic E-state index is 0.188. The molecule has 2 aliphatic rings. The molecule has 0 bridgehead atoms. The van der Waals surface area contributed by atoms with Crippen LogP contribution < -0.4 is 5.32 Å². The molecule has 2 atom stereocenters. The third-order valence-electron chi connectivity index (χ3n) is 3.73. The molecule has 1 aromatic rings. The maximum atomic E-state index is 11.9. The molecular formula is C11H15N3O. The summed E-state index contributed by atoms with van der Waals surface area (Å²) < 4.78 is 0. The Bertz CT molecular complexity index is 348. The molecule has 0 aliphatic heterocycles. The van der Waals surface area contributed by atoms with Crippen LogP contribution >= 0.6 is 0 Å². The highest BCUT2D eigenvalue weighted by molar-refractivity contribution is 5.94. The van der Waals surface area contributed by atoms with Gasteiger partial charge in [-0.25, -0.2) is 0 Å². The van der Waals surface area contributed by atoms with E-state index in [1.807, 2.05) is 0 Å². The van der Waals surface area contributed by atoms with E-state index in [4.69, 9.17) is 0 Å². The van der Waals surface area contributed by atoms with E-state index in [0.29, 0.717) is 11.8 Å². The fourth-order valence-electron chi connectivity index (χ4n) is 2.93. The lowest BCUT2D eigenvalue weighted by Gasteiger charge is -2.04. The second-order valence-corrected chi connectivity index (χ2v) is 4.61. The first-order valence-corrected chi connectivity index (χ1v) is 5.66. The molecule has 0 aromatic carbocycles. The monoisotopic (exact) mass is 205 g/mol. The van der Waals surface area contributed by atoms with E-state index in [0.717, 1.165) is 5.69 Å². The van der Waals surface area contributed by atoms with Gasteiger partial charge >= 0.3 is 0 Å². The number of anilines is 1. The Morgan fingerprint density at radius 2 is 2.13 bits per heavy atom. The summed E-state index contributed by atoms with van der Waals surface area (Å²) >= 11 is 0. The molecule has 80 valence electrons. The number of rotatable bonds is 2. The van der Waals surface area contributed by atoms with Gasteiger partial charge in [-0.1, -0.05) is 12.8 Å². The van der Waals surface area contributed by atoms with E-state index in [1.54, 1.807) is 12.4 Å². The average Bonchev–Trinajstić information content (AvgIpc) is 2.77. The van der Waals surface area contributed by atoms with E-state index < -0.39 is 0 Å². The van der Waals surface area contributed by atoms with Crippen LogP contribution in [0.5, 0.6) is 0 Å². The molecule has 3 rings (SSSR count). The summed E-state index contributed by atoms with van der Waals surface area (Å²) in [4.78, 5) is 11.9. The van der Waals surface area contributed by atoms with Gasteiger partial charge in [0.15, 0.2) is 0 Å². The Labute approximate surface area is 88.4 Å². The van der Waals surface area contributed by atoms with Crippen molar-refractivity contribution in [3.63, 3.8) is 0 Å². The average molecular weight is 205 g/mol. The standard InChI is InChI=1S/C11H15N3O/c15-11(14-7-5-12-13-6-7)10-8-3-1-2-4-9(8)10/h5-6,8-10H,1-4H2,(H,12,13)(H,14,15). The number of nitrogens with zero attached hydrogens (tertiary/aromatic N) is 1. The van der Waals surface area contributed by atoms with E-state index in [2.05, 4.69) is 15.5 Å². The Morgan fingerprint density at radius 1 is 1.40 bits per heavy atom. The third kappa shape index (κ3) is 1.54. The second-order valence-electron chi connectivity index (χ2n) is 4.61. The molecule has 1 heterocycles. The number of amides is 1. The Balaban J connectivity index is 1.62. The fraction of sp³-hybridized carbons (Fsp3) is 0.636. The summed E-state index contributed by atoms with van der Waals surface area (Å²) in [5.74, 6) is 1.81. The number of nitrogens with one attached hydrogen (secondary N) is 2. The minimum Gasteiger partial charge on any atom is -0.323 e. The number of carbonyl (C=O) groups excluding carboxylic acids is 1. The Hall–Kier alpha value is -1.32. The van der Waals surface area contributed by atoms with E-state index in [1.165, 1.54) is 25.7 Å². The van der Waals surface area contributed by atoms with Crippen LogP contribution in [0.4, 0.5) is 5.69 Å². The van der Waals surface area contributed by atoms with Crippen LogP contribution in [-0.2, 0) is 4.79 Å². The van der Waals surface area contributed by atoms with Crippen molar-refractivity contribution in [1.29, 1.82) is 0 Å². The molecule has 2 N–H and O–H groups in total. The van der Waals surface area contributed by atoms with Gasteiger partial charge in [-0.05, 0) is 24.7 Å². The lowest BCUT2D eigenvalue weighted by Crippen LogP contribution is -2.14. The number of hydrogen-bond donors (Lipinski definition) is 2. The highest BCUT2D eigenvalue weighted by Crippen LogP contribution is 2.55. The molecule has 2 aliphatic carbocycles. The summed E-state index contributed by atoms with van der Waals surface area (Å²) in [6.07, 6.45) is 8.45. The molecule has 2 saturated carbocycles. The van der Waals surface area contributed by atoms with Crippen LogP contribution in [0.2, 0.25) is 0 Å². The zero-order chi connectivity index (χ0) is 10.3. The molecule has 0 radical (unpaired) electrons. The molecule has 1 aromatic heterocycles. The SMILES string of the molecule is O=C(Nc1cn[nH]c1)C1C2CCCCC21. The van der Waals surface area contributed by atoms with Crippen LogP contribution in [0.15, 0.2) is 12.4 Å². The number of fused-ring (bicyclic) bond motifs is 1. The van der Waals surface area contributed by atoms with Crippen LogP contribution in [0.1, 0.15) is 25.7 Å². The molecule has 15 heavy (non-hydrogen) atoms. The molecule has 4 heteroatoms. The number of aromatic amines is 1. The highest BCUT2D eigenvalue weighted by Gasteiger charge is 2.54. The first-order valence-electron chi connectivity index (χ1n) is 5.66. The molecule has 0 saturated heterocycles. The van der Waals surface area contributed by atoms with Gasteiger partial charge in [0.25, 0.3) is 0 Å². The van der Waals surface area contributed by atoms with E-state index >= 15 is 0 Å². The predicted octanol–water partition coefficient (Wildman–Crippen LogP) is 1.78. The topological polar surface area (TPSA) is 57.8 Å². The maximum absolute atomic E-state index is 11.9. The third-order valence-corrected chi connectivity index (χ3v) is 3.73. The molecule has 0 spiro atoms. The highest BCUT2D eigenvalue weighted by atomic mass is 16.2. The van der Waals surface area contributed by atoms with Crippen LogP contribution in [0.3, 0.4) is 0 Å². The quantitative estimate of drug-likeness (QED) is 0.773. The van der Waals surface area contributed by atoms with Gasteiger partial charge in [-0.3, -0.25) is 9.89 Å². The van der Waals surface area contributed by atoms with E-state index in [-0.39, 0.29) is 11.8 Å². The van der Waals surface area contributed by atoms with Crippen molar-refractivity contribution >= 4 is 11.6 Å². The summed E-state index contributed by atoms with van der Waals surface area (Å²) in [7, 11) is 0. The molecule has 2 fully saturated rings. The van der Waals surface area contributed by atoms with Crippen molar-refractivity contribution in [2.45, 2.75) is 25.7 Å². The van der Waals surface area contributed by atoms with Crippen molar-refractivity contribution in [3.8, 4) is 0 Å². The summed E-state index contributed by atoms with van der Waals surface area (Å²) in [5.41, 5.74) is 0.781. The predicted molar refractivity (Wildman–Crippen MR) is 56.2 cm³/mol. The largest absolute Gasteiger partial charge is 0.323 e. The van der Waals surface area contributed by atoms with Gasteiger partial charge < -0.3 is 5.32 Å². The van der Waals surface area contributed by atoms with Crippen LogP contribution in [0.25, 0.3) is 0 Å². The summed E-state index contributed by atoms with van der Waals surface area (Å²) in [5, 5.41) is 9.41. The van der Waals surface area contributed by atoms with Crippen molar-refractivity contribution in [2.24, 2.45) is 17.8 Å². The first kappa shape index (κ1) is 8.95. The van der Waals surface area contributed by atoms with Crippen molar-refractivity contribution in [2.75, 3.05) is 5.32 Å². The minimum atomic E-state index is 0.188. The zero-order valence-corrected chi connectivity index (χ0v) is 8.57.